The average molecular weight is 339 g/mol. The van der Waals surface area contributed by atoms with Crippen LogP contribution in [0.4, 0.5) is 4.79 Å². The van der Waals surface area contributed by atoms with Crippen LogP contribution in [0, 0.1) is 5.92 Å². The molecule has 1 heterocycles. The molecule has 5 heteroatoms. The van der Waals surface area contributed by atoms with Crippen LogP contribution in [0.1, 0.15) is 19.4 Å². The number of hydrogen-bond acceptors (Lipinski definition) is 3. The molecular formula is C20H21NO4. The van der Waals surface area contributed by atoms with Crippen molar-refractivity contribution in [3.63, 3.8) is 0 Å². The van der Waals surface area contributed by atoms with Crippen molar-refractivity contribution in [3.8, 4) is 11.1 Å². The Morgan fingerprint density at radius 1 is 1.08 bits per heavy atom. The van der Waals surface area contributed by atoms with Gasteiger partial charge in [-0.25, -0.2) is 9.59 Å². The highest BCUT2D eigenvalue weighted by molar-refractivity contribution is 5.86. The first-order valence-corrected chi connectivity index (χ1v) is 8.32. The van der Waals surface area contributed by atoms with E-state index in [4.69, 9.17) is 4.74 Å². The van der Waals surface area contributed by atoms with Gasteiger partial charge in [-0.2, -0.15) is 0 Å². The lowest BCUT2D eigenvalue weighted by atomic mass is 9.93. The Bertz CT molecular complexity index is 755. The highest BCUT2D eigenvalue weighted by Gasteiger charge is 2.49. The van der Waals surface area contributed by atoms with Gasteiger partial charge in [-0.3, -0.25) is 4.90 Å². The minimum atomic E-state index is -1.11. The van der Waals surface area contributed by atoms with Gasteiger partial charge >= 0.3 is 12.1 Å². The van der Waals surface area contributed by atoms with Crippen LogP contribution in [0.3, 0.4) is 0 Å². The molecule has 25 heavy (non-hydrogen) atoms. The van der Waals surface area contributed by atoms with E-state index in [-0.39, 0.29) is 18.6 Å². The minimum absolute atomic E-state index is 0.0741. The van der Waals surface area contributed by atoms with Crippen LogP contribution in [0.15, 0.2) is 54.6 Å². The SMILES string of the molecule is CC(C)[C@H]1OC(=O)[C@@H]1N(Cc1ccc(-c2ccccc2)cc1)C(=O)O. The van der Waals surface area contributed by atoms with Crippen LogP contribution in [-0.4, -0.2) is 34.2 Å². The Balaban J connectivity index is 1.77. The van der Waals surface area contributed by atoms with E-state index in [1.807, 2.05) is 68.4 Å². The molecule has 0 bridgehead atoms. The second kappa shape index (κ2) is 6.97. The fourth-order valence-corrected chi connectivity index (χ4v) is 3.05. The summed E-state index contributed by atoms with van der Waals surface area (Å²) in [5.41, 5.74) is 3.00. The monoisotopic (exact) mass is 339 g/mol. The van der Waals surface area contributed by atoms with E-state index in [0.29, 0.717) is 0 Å². The second-order valence-electron chi connectivity index (χ2n) is 6.56. The van der Waals surface area contributed by atoms with E-state index in [1.165, 1.54) is 4.90 Å². The maximum Gasteiger partial charge on any atom is 0.408 e. The van der Waals surface area contributed by atoms with E-state index in [2.05, 4.69) is 0 Å². The maximum absolute atomic E-state index is 11.8. The summed E-state index contributed by atoms with van der Waals surface area (Å²) in [6.45, 7) is 3.99. The fourth-order valence-electron chi connectivity index (χ4n) is 3.05. The number of carbonyl (C=O) groups excluding carboxylic acids is 1. The van der Waals surface area contributed by atoms with E-state index in [1.54, 1.807) is 0 Å². The lowest BCUT2D eigenvalue weighted by molar-refractivity contribution is -0.192. The normalized spacial score (nSPS) is 19.2. The number of ether oxygens (including phenoxy) is 1. The Labute approximate surface area is 146 Å². The molecule has 2 atom stereocenters. The third kappa shape index (κ3) is 3.50. The molecule has 0 aromatic heterocycles. The fraction of sp³-hybridized carbons (Fsp3) is 0.300. The summed E-state index contributed by atoms with van der Waals surface area (Å²) in [4.78, 5) is 24.6. The number of benzene rings is 2. The first-order chi connectivity index (χ1) is 12.0. The van der Waals surface area contributed by atoms with Crippen LogP contribution >= 0.6 is 0 Å². The predicted molar refractivity (Wildman–Crippen MR) is 94.0 cm³/mol. The van der Waals surface area contributed by atoms with E-state index in [9.17, 15) is 14.7 Å². The molecule has 1 N–H and O–H groups in total. The average Bonchev–Trinajstić information content (AvgIpc) is 2.60. The molecule has 3 rings (SSSR count). The van der Waals surface area contributed by atoms with Crippen LogP contribution in [0.5, 0.6) is 0 Å². The number of carbonyl (C=O) groups is 2. The smallest absolute Gasteiger partial charge is 0.408 e. The Morgan fingerprint density at radius 3 is 2.20 bits per heavy atom. The summed E-state index contributed by atoms with van der Waals surface area (Å²) in [7, 11) is 0. The molecule has 130 valence electrons. The van der Waals surface area contributed by atoms with Crippen LogP contribution < -0.4 is 0 Å². The first-order valence-electron chi connectivity index (χ1n) is 8.32. The van der Waals surface area contributed by atoms with Gasteiger partial charge in [0.25, 0.3) is 0 Å². The van der Waals surface area contributed by atoms with Crippen molar-refractivity contribution in [2.24, 2.45) is 5.92 Å². The molecule has 1 saturated heterocycles. The van der Waals surface area contributed by atoms with Gasteiger partial charge < -0.3 is 9.84 Å². The van der Waals surface area contributed by atoms with Gasteiger partial charge in [0.05, 0.1) is 6.54 Å². The topological polar surface area (TPSA) is 66.8 Å². The van der Waals surface area contributed by atoms with E-state index in [0.717, 1.165) is 16.7 Å². The molecule has 5 nitrogen and oxygen atoms in total. The molecule has 2 aromatic rings. The number of esters is 1. The van der Waals surface area contributed by atoms with Crippen molar-refractivity contribution in [2.75, 3.05) is 0 Å². The summed E-state index contributed by atoms with van der Waals surface area (Å²) in [6.07, 6.45) is -1.49. The quantitative estimate of drug-likeness (QED) is 0.842. The number of cyclic esters (lactones) is 1. The molecule has 2 aromatic carbocycles. The van der Waals surface area contributed by atoms with Crippen molar-refractivity contribution in [1.29, 1.82) is 0 Å². The van der Waals surface area contributed by atoms with Gasteiger partial charge in [-0.15, -0.1) is 0 Å². The molecule has 1 fully saturated rings. The molecule has 1 amide bonds. The van der Waals surface area contributed by atoms with Gasteiger partial charge in [0.1, 0.15) is 6.10 Å². The third-order valence-corrected chi connectivity index (χ3v) is 4.46. The van der Waals surface area contributed by atoms with Gasteiger partial charge in [0.15, 0.2) is 6.04 Å². The molecule has 0 spiro atoms. The number of carboxylic acid groups (broad SMARTS) is 1. The zero-order valence-electron chi connectivity index (χ0n) is 14.3. The number of amides is 1. The molecule has 0 aliphatic carbocycles. The van der Waals surface area contributed by atoms with Crippen molar-refractivity contribution in [1.82, 2.24) is 4.90 Å². The van der Waals surface area contributed by atoms with Crippen molar-refractivity contribution < 1.29 is 19.4 Å². The Hall–Kier alpha value is -2.82. The third-order valence-electron chi connectivity index (χ3n) is 4.46. The van der Waals surface area contributed by atoms with Crippen molar-refractivity contribution in [3.05, 3.63) is 60.2 Å². The maximum atomic E-state index is 11.8. The molecule has 1 aliphatic rings. The highest BCUT2D eigenvalue weighted by atomic mass is 16.6. The van der Waals surface area contributed by atoms with Crippen molar-refractivity contribution in [2.45, 2.75) is 32.5 Å². The van der Waals surface area contributed by atoms with Gasteiger partial charge in [0, 0.05) is 0 Å². The van der Waals surface area contributed by atoms with Crippen molar-refractivity contribution >= 4 is 12.1 Å². The van der Waals surface area contributed by atoms with Gasteiger partial charge in [0.2, 0.25) is 0 Å². The number of hydrogen-bond donors (Lipinski definition) is 1. The summed E-state index contributed by atoms with van der Waals surface area (Å²) in [5, 5.41) is 9.54. The Kier molecular flexibility index (Phi) is 4.74. The lowest BCUT2D eigenvalue weighted by Crippen LogP contribution is -2.62. The number of rotatable bonds is 5. The zero-order chi connectivity index (χ0) is 18.0. The first kappa shape index (κ1) is 17.0. The zero-order valence-corrected chi connectivity index (χ0v) is 14.3. The summed E-state index contributed by atoms with van der Waals surface area (Å²) < 4.78 is 5.12. The van der Waals surface area contributed by atoms with E-state index >= 15 is 0 Å². The molecule has 0 saturated carbocycles. The van der Waals surface area contributed by atoms with Crippen LogP contribution in [-0.2, 0) is 16.1 Å². The highest BCUT2D eigenvalue weighted by Crippen LogP contribution is 2.29. The van der Waals surface area contributed by atoms with Crippen LogP contribution in [0.2, 0.25) is 0 Å². The summed E-state index contributed by atoms with van der Waals surface area (Å²) in [6, 6.07) is 16.9. The van der Waals surface area contributed by atoms with Crippen LogP contribution in [0.25, 0.3) is 11.1 Å². The standard InChI is InChI=1S/C20H21NO4/c1-13(2)18-17(19(22)25-18)21(20(23)24)12-14-8-10-16(11-9-14)15-6-4-3-5-7-15/h3-11,13,17-18H,12H2,1-2H3,(H,23,24)/t17-,18-/m1/s1. The van der Waals surface area contributed by atoms with Gasteiger partial charge in [-0.1, -0.05) is 68.4 Å². The lowest BCUT2D eigenvalue weighted by Gasteiger charge is -2.42. The van der Waals surface area contributed by atoms with E-state index < -0.39 is 18.1 Å². The summed E-state index contributed by atoms with van der Waals surface area (Å²) in [5.74, 6) is -0.396. The largest absolute Gasteiger partial charge is 0.465 e. The number of nitrogens with zero attached hydrogens (tertiary/aromatic N) is 1. The minimum Gasteiger partial charge on any atom is -0.465 e. The molecule has 0 radical (unpaired) electrons. The molecular weight excluding hydrogens is 318 g/mol. The molecule has 0 unspecified atom stereocenters. The predicted octanol–water partition coefficient (Wildman–Crippen LogP) is 3.78. The second-order valence-corrected chi connectivity index (χ2v) is 6.56. The van der Waals surface area contributed by atoms with Gasteiger partial charge in [-0.05, 0) is 22.6 Å². The Morgan fingerprint density at radius 2 is 1.68 bits per heavy atom. The summed E-state index contributed by atoms with van der Waals surface area (Å²) >= 11 is 0. The molecule has 1 aliphatic heterocycles.